The van der Waals surface area contributed by atoms with Crippen molar-refractivity contribution in [2.24, 2.45) is 7.05 Å². The van der Waals surface area contributed by atoms with Gasteiger partial charge >= 0.3 is 0 Å². The minimum absolute atomic E-state index is 0.0250. The van der Waals surface area contributed by atoms with E-state index in [1.165, 1.54) is 17.3 Å². The zero-order valence-corrected chi connectivity index (χ0v) is 14.1. The summed E-state index contributed by atoms with van der Waals surface area (Å²) in [5.41, 5.74) is 4.09. The van der Waals surface area contributed by atoms with Gasteiger partial charge in [-0.05, 0) is 31.5 Å². The van der Waals surface area contributed by atoms with Crippen LogP contribution >= 0.6 is 11.8 Å². The Morgan fingerprint density at radius 1 is 1.48 bits per heavy atom. The van der Waals surface area contributed by atoms with Crippen molar-refractivity contribution in [3.05, 3.63) is 41.7 Å². The number of nitrogens with zero attached hydrogens (tertiary/aromatic N) is 3. The summed E-state index contributed by atoms with van der Waals surface area (Å²) in [6.07, 6.45) is 3.67. The molecule has 3 aromatic rings. The van der Waals surface area contributed by atoms with Gasteiger partial charge in [-0.3, -0.25) is 9.48 Å². The van der Waals surface area contributed by atoms with E-state index in [0.29, 0.717) is 5.75 Å². The first kappa shape index (κ1) is 15.6. The van der Waals surface area contributed by atoms with E-state index in [0.717, 1.165) is 21.8 Å². The third-order valence-corrected chi connectivity index (χ3v) is 4.43. The first-order chi connectivity index (χ1) is 11.0. The van der Waals surface area contributed by atoms with E-state index in [-0.39, 0.29) is 11.9 Å². The third kappa shape index (κ3) is 3.73. The summed E-state index contributed by atoms with van der Waals surface area (Å²) in [4.78, 5) is 19.8. The summed E-state index contributed by atoms with van der Waals surface area (Å²) < 4.78 is 1.73. The molecular weight excluding hydrogens is 310 g/mol. The molecule has 1 aromatic carbocycles. The molecule has 0 fully saturated rings. The molecule has 7 heteroatoms. The summed E-state index contributed by atoms with van der Waals surface area (Å²) in [6.45, 7) is 3.99. The summed E-state index contributed by atoms with van der Waals surface area (Å²) in [6, 6.07) is 6.00. The number of fused-ring (bicyclic) bond motifs is 1. The lowest BCUT2D eigenvalue weighted by Crippen LogP contribution is -2.28. The number of aromatic nitrogens is 4. The van der Waals surface area contributed by atoms with Gasteiger partial charge < -0.3 is 10.3 Å². The van der Waals surface area contributed by atoms with E-state index in [1.54, 1.807) is 10.9 Å². The van der Waals surface area contributed by atoms with Crippen LogP contribution < -0.4 is 5.32 Å². The van der Waals surface area contributed by atoms with E-state index in [4.69, 9.17) is 0 Å². The number of hydrogen-bond acceptors (Lipinski definition) is 4. The number of hydrogen-bond donors (Lipinski definition) is 2. The molecule has 0 spiro atoms. The van der Waals surface area contributed by atoms with Gasteiger partial charge in [0.1, 0.15) is 0 Å². The second-order valence-corrected chi connectivity index (χ2v) is 6.55. The van der Waals surface area contributed by atoms with Crippen LogP contribution in [0, 0.1) is 6.92 Å². The molecule has 0 radical (unpaired) electrons. The highest BCUT2D eigenvalue weighted by Gasteiger charge is 2.12. The number of H-pyrrole nitrogens is 1. The third-order valence-electron chi connectivity index (χ3n) is 3.56. The molecule has 3 rings (SSSR count). The van der Waals surface area contributed by atoms with Crippen LogP contribution in [0.4, 0.5) is 0 Å². The molecule has 0 aliphatic heterocycles. The number of carbonyl (C=O) groups excluding carboxylic acids is 1. The smallest absolute Gasteiger partial charge is 0.230 e. The van der Waals surface area contributed by atoms with Crippen LogP contribution in [-0.2, 0) is 11.8 Å². The van der Waals surface area contributed by atoms with Crippen molar-refractivity contribution < 1.29 is 4.79 Å². The average molecular weight is 329 g/mol. The molecule has 0 saturated heterocycles. The highest BCUT2D eigenvalue weighted by molar-refractivity contribution is 7.99. The van der Waals surface area contributed by atoms with Crippen molar-refractivity contribution in [1.29, 1.82) is 0 Å². The first-order valence-electron chi connectivity index (χ1n) is 7.38. The molecule has 0 saturated carbocycles. The van der Waals surface area contributed by atoms with Crippen molar-refractivity contribution in [2.75, 3.05) is 5.75 Å². The SMILES string of the molecule is Cc1ccc2nc(SCC(=O)NC(C)c3cnn(C)c3)[nH]c2c1. The maximum Gasteiger partial charge on any atom is 0.230 e. The summed E-state index contributed by atoms with van der Waals surface area (Å²) >= 11 is 1.40. The molecule has 0 aliphatic carbocycles. The van der Waals surface area contributed by atoms with Gasteiger partial charge in [0.2, 0.25) is 5.91 Å². The van der Waals surface area contributed by atoms with Gasteiger partial charge in [0, 0.05) is 18.8 Å². The fraction of sp³-hybridized carbons (Fsp3) is 0.312. The largest absolute Gasteiger partial charge is 0.349 e. The van der Waals surface area contributed by atoms with Gasteiger partial charge in [0.15, 0.2) is 5.16 Å². The van der Waals surface area contributed by atoms with Crippen molar-refractivity contribution in [3.63, 3.8) is 0 Å². The van der Waals surface area contributed by atoms with Crippen LogP contribution in [0.2, 0.25) is 0 Å². The summed E-state index contributed by atoms with van der Waals surface area (Å²) in [7, 11) is 1.86. The number of carbonyl (C=O) groups is 1. The average Bonchev–Trinajstić information content (AvgIpc) is 3.10. The topological polar surface area (TPSA) is 75.6 Å². The predicted molar refractivity (Wildman–Crippen MR) is 91.3 cm³/mol. The minimum atomic E-state index is -0.0601. The van der Waals surface area contributed by atoms with E-state index < -0.39 is 0 Å². The zero-order chi connectivity index (χ0) is 16.4. The molecule has 120 valence electrons. The van der Waals surface area contributed by atoms with Crippen molar-refractivity contribution >= 4 is 28.7 Å². The van der Waals surface area contributed by atoms with Crippen LogP contribution in [0.25, 0.3) is 11.0 Å². The Morgan fingerprint density at radius 3 is 3.04 bits per heavy atom. The Balaban J connectivity index is 1.57. The van der Waals surface area contributed by atoms with Crippen molar-refractivity contribution in [3.8, 4) is 0 Å². The van der Waals surface area contributed by atoms with Crippen LogP contribution in [0.15, 0.2) is 35.7 Å². The molecule has 0 bridgehead atoms. The second kappa shape index (κ2) is 6.45. The van der Waals surface area contributed by atoms with Gasteiger partial charge in [0.05, 0.1) is 29.0 Å². The van der Waals surface area contributed by atoms with Gasteiger partial charge in [-0.1, -0.05) is 17.8 Å². The van der Waals surface area contributed by atoms with Crippen molar-refractivity contribution in [2.45, 2.75) is 25.0 Å². The number of thioether (sulfide) groups is 1. The summed E-state index contributed by atoms with van der Waals surface area (Å²) in [5, 5.41) is 7.84. The van der Waals surface area contributed by atoms with Crippen LogP contribution in [0.5, 0.6) is 0 Å². The number of aryl methyl sites for hydroxylation is 2. The fourth-order valence-corrected chi connectivity index (χ4v) is 3.03. The van der Waals surface area contributed by atoms with Gasteiger partial charge in [-0.25, -0.2) is 4.98 Å². The molecule has 2 N–H and O–H groups in total. The van der Waals surface area contributed by atoms with Crippen molar-refractivity contribution in [1.82, 2.24) is 25.1 Å². The lowest BCUT2D eigenvalue weighted by Gasteiger charge is -2.11. The maximum absolute atomic E-state index is 12.1. The normalized spacial score (nSPS) is 12.5. The number of rotatable bonds is 5. The molecule has 0 aliphatic rings. The van der Waals surface area contributed by atoms with Gasteiger partial charge in [0.25, 0.3) is 0 Å². The Labute approximate surface area is 138 Å². The second-order valence-electron chi connectivity index (χ2n) is 5.59. The van der Waals surface area contributed by atoms with E-state index in [2.05, 4.69) is 26.4 Å². The monoisotopic (exact) mass is 329 g/mol. The quantitative estimate of drug-likeness (QED) is 0.706. The molecule has 6 nitrogen and oxygen atoms in total. The van der Waals surface area contributed by atoms with Crippen LogP contribution in [-0.4, -0.2) is 31.4 Å². The lowest BCUT2D eigenvalue weighted by molar-refractivity contribution is -0.119. The standard InChI is InChI=1S/C16H19N5OS/c1-10-4-5-13-14(6-10)20-16(19-13)23-9-15(22)18-11(2)12-7-17-21(3)8-12/h4-8,11H,9H2,1-3H3,(H,18,22)(H,19,20). The Morgan fingerprint density at radius 2 is 2.30 bits per heavy atom. The molecule has 2 heterocycles. The predicted octanol–water partition coefficient (Wildman–Crippen LogP) is 2.57. The number of aromatic amines is 1. The van der Waals surface area contributed by atoms with Crippen LogP contribution in [0.3, 0.4) is 0 Å². The number of benzene rings is 1. The van der Waals surface area contributed by atoms with E-state index in [1.807, 2.05) is 39.2 Å². The Kier molecular flexibility index (Phi) is 4.38. The minimum Gasteiger partial charge on any atom is -0.349 e. The Bertz CT molecular complexity index is 838. The van der Waals surface area contributed by atoms with Gasteiger partial charge in [-0.15, -0.1) is 0 Å². The number of nitrogens with one attached hydrogen (secondary N) is 2. The molecule has 1 unspecified atom stereocenters. The molecule has 1 atom stereocenters. The first-order valence-corrected chi connectivity index (χ1v) is 8.37. The maximum atomic E-state index is 12.1. The molecule has 23 heavy (non-hydrogen) atoms. The molecule has 1 amide bonds. The highest BCUT2D eigenvalue weighted by atomic mass is 32.2. The molecule has 2 aromatic heterocycles. The fourth-order valence-electron chi connectivity index (χ4n) is 2.33. The number of imidazole rings is 1. The highest BCUT2D eigenvalue weighted by Crippen LogP contribution is 2.20. The molecular formula is C16H19N5OS. The zero-order valence-electron chi connectivity index (χ0n) is 13.3. The van der Waals surface area contributed by atoms with E-state index in [9.17, 15) is 4.79 Å². The van der Waals surface area contributed by atoms with Crippen LogP contribution in [0.1, 0.15) is 24.1 Å². The van der Waals surface area contributed by atoms with Gasteiger partial charge in [-0.2, -0.15) is 5.10 Å². The Hall–Kier alpha value is -2.28. The summed E-state index contributed by atoms with van der Waals surface area (Å²) in [5.74, 6) is 0.298. The number of amides is 1. The van der Waals surface area contributed by atoms with E-state index >= 15 is 0 Å². The lowest BCUT2D eigenvalue weighted by atomic mass is 10.2.